The van der Waals surface area contributed by atoms with E-state index in [1.54, 1.807) is 24.2 Å². The molecule has 1 N–H and O–H groups in total. The van der Waals surface area contributed by atoms with E-state index in [0.29, 0.717) is 12.1 Å². The van der Waals surface area contributed by atoms with E-state index in [1.807, 2.05) is 13.8 Å². The Bertz CT molecular complexity index is 478. The minimum atomic E-state index is -0.209. The van der Waals surface area contributed by atoms with Crippen molar-refractivity contribution in [2.24, 2.45) is 7.05 Å². The third-order valence-electron chi connectivity index (χ3n) is 3.34. The summed E-state index contributed by atoms with van der Waals surface area (Å²) in [7, 11) is 1.64. The number of hydrogen-bond donors (Lipinski definition) is 1. The van der Waals surface area contributed by atoms with Crippen LogP contribution in [0.3, 0.4) is 0 Å². The molecule has 1 aromatic rings. The molecule has 0 aliphatic carbocycles. The van der Waals surface area contributed by atoms with Gasteiger partial charge in [-0.05, 0) is 18.9 Å². The number of nitrogens with zero attached hydrogens (tertiary/aromatic N) is 2. The quantitative estimate of drug-likeness (QED) is 0.836. The first kappa shape index (κ1) is 15.4. The Morgan fingerprint density at radius 1 is 1.42 bits per heavy atom. The average molecular weight is 266 g/mol. The lowest BCUT2D eigenvalue weighted by Gasteiger charge is -2.30. The van der Waals surface area contributed by atoms with Crippen LogP contribution < -0.4 is 5.56 Å². The second-order valence-electron chi connectivity index (χ2n) is 4.56. The van der Waals surface area contributed by atoms with Crippen LogP contribution in [0.1, 0.15) is 37.0 Å². The predicted molar refractivity (Wildman–Crippen MR) is 74.2 cm³/mol. The maximum Gasteiger partial charge on any atom is 0.254 e. The lowest BCUT2D eigenvalue weighted by molar-refractivity contribution is 0.0622. The highest BCUT2D eigenvalue weighted by Crippen LogP contribution is 2.12. The van der Waals surface area contributed by atoms with Crippen LogP contribution in [0.15, 0.2) is 23.1 Å². The zero-order valence-electron chi connectivity index (χ0n) is 11.8. The molecule has 0 bridgehead atoms. The second kappa shape index (κ2) is 7.09. The van der Waals surface area contributed by atoms with Crippen LogP contribution in [0.2, 0.25) is 0 Å². The molecule has 0 fully saturated rings. The summed E-state index contributed by atoms with van der Waals surface area (Å²) in [6.07, 6.45) is 3.24. The van der Waals surface area contributed by atoms with Crippen molar-refractivity contribution in [2.45, 2.75) is 32.7 Å². The summed E-state index contributed by atoms with van der Waals surface area (Å²) in [5.74, 6) is -0.194. The van der Waals surface area contributed by atoms with Crippen molar-refractivity contribution in [1.29, 1.82) is 0 Å². The molecule has 0 aliphatic heterocycles. The zero-order valence-corrected chi connectivity index (χ0v) is 11.8. The molecular formula is C14H22N2O3. The van der Waals surface area contributed by atoms with Crippen molar-refractivity contribution in [3.63, 3.8) is 0 Å². The molecular weight excluding hydrogens is 244 g/mol. The third kappa shape index (κ3) is 3.67. The van der Waals surface area contributed by atoms with Gasteiger partial charge in [0.25, 0.3) is 11.5 Å². The van der Waals surface area contributed by atoms with Crippen LogP contribution in [-0.2, 0) is 7.05 Å². The Labute approximate surface area is 113 Å². The van der Waals surface area contributed by atoms with Gasteiger partial charge in [-0.3, -0.25) is 9.59 Å². The fraction of sp³-hybridized carbons (Fsp3) is 0.571. The summed E-state index contributed by atoms with van der Waals surface area (Å²) >= 11 is 0. The smallest absolute Gasteiger partial charge is 0.254 e. The minimum absolute atomic E-state index is 0.0763. The minimum Gasteiger partial charge on any atom is -0.395 e. The SMILES string of the molecule is CCC(CC)N(CCO)C(=O)c1ccn(C)c(=O)c1. The largest absolute Gasteiger partial charge is 0.395 e. The molecule has 0 saturated heterocycles. The third-order valence-corrected chi connectivity index (χ3v) is 3.34. The number of rotatable bonds is 6. The van der Waals surface area contributed by atoms with E-state index < -0.39 is 0 Å². The highest BCUT2D eigenvalue weighted by Gasteiger charge is 2.22. The van der Waals surface area contributed by atoms with Crippen molar-refractivity contribution >= 4 is 5.91 Å². The molecule has 0 aromatic carbocycles. The van der Waals surface area contributed by atoms with Gasteiger partial charge >= 0.3 is 0 Å². The molecule has 0 saturated carbocycles. The number of carbonyl (C=O) groups is 1. The average Bonchev–Trinajstić information content (AvgIpc) is 2.41. The molecule has 1 rings (SSSR count). The predicted octanol–water partition coefficient (Wildman–Crippen LogP) is 1.01. The molecule has 0 aliphatic rings. The van der Waals surface area contributed by atoms with Gasteiger partial charge < -0.3 is 14.6 Å². The van der Waals surface area contributed by atoms with Gasteiger partial charge in [0.2, 0.25) is 0 Å². The molecule has 0 atom stereocenters. The molecule has 19 heavy (non-hydrogen) atoms. The summed E-state index contributed by atoms with van der Waals surface area (Å²) in [5.41, 5.74) is 0.169. The number of amides is 1. The van der Waals surface area contributed by atoms with Crippen LogP contribution >= 0.6 is 0 Å². The van der Waals surface area contributed by atoms with Crippen molar-refractivity contribution in [2.75, 3.05) is 13.2 Å². The van der Waals surface area contributed by atoms with Gasteiger partial charge in [-0.25, -0.2) is 0 Å². The van der Waals surface area contributed by atoms with Crippen molar-refractivity contribution in [3.8, 4) is 0 Å². The van der Waals surface area contributed by atoms with Crippen molar-refractivity contribution < 1.29 is 9.90 Å². The van der Waals surface area contributed by atoms with E-state index in [4.69, 9.17) is 5.11 Å². The first-order valence-electron chi connectivity index (χ1n) is 6.63. The molecule has 0 unspecified atom stereocenters. The fourth-order valence-corrected chi connectivity index (χ4v) is 2.13. The first-order valence-corrected chi connectivity index (χ1v) is 6.63. The van der Waals surface area contributed by atoms with Gasteiger partial charge in [0.15, 0.2) is 0 Å². The van der Waals surface area contributed by atoms with Gasteiger partial charge in [0, 0.05) is 37.5 Å². The zero-order chi connectivity index (χ0) is 14.4. The van der Waals surface area contributed by atoms with Crippen LogP contribution in [0.5, 0.6) is 0 Å². The van der Waals surface area contributed by atoms with Crippen LogP contribution in [0.25, 0.3) is 0 Å². The Balaban J connectivity index is 3.04. The van der Waals surface area contributed by atoms with Gasteiger partial charge in [-0.15, -0.1) is 0 Å². The van der Waals surface area contributed by atoms with Crippen LogP contribution in [-0.4, -0.2) is 39.7 Å². The Kier molecular flexibility index (Phi) is 5.76. The number of pyridine rings is 1. The maximum atomic E-state index is 12.4. The number of carbonyl (C=O) groups excluding carboxylic acids is 1. The van der Waals surface area contributed by atoms with Gasteiger partial charge in [-0.1, -0.05) is 13.8 Å². The number of hydrogen-bond acceptors (Lipinski definition) is 3. The topological polar surface area (TPSA) is 62.5 Å². The second-order valence-corrected chi connectivity index (χ2v) is 4.56. The normalized spacial score (nSPS) is 10.8. The summed E-state index contributed by atoms with van der Waals surface area (Å²) in [6.45, 7) is 4.24. The van der Waals surface area contributed by atoms with E-state index in [-0.39, 0.29) is 24.1 Å². The molecule has 5 heteroatoms. The highest BCUT2D eigenvalue weighted by molar-refractivity contribution is 5.94. The monoisotopic (exact) mass is 266 g/mol. The van der Waals surface area contributed by atoms with E-state index >= 15 is 0 Å². The van der Waals surface area contributed by atoms with E-state index in [0.717, 1.165) is 12.8 Å². The summed E-state index contributed by atoms with van der Waals surface area (Å²) < 4.78 is 1.42. The molecule has 5 nitrogen and oxygen atoms in total. The van der Waals surface area contributed by atoms with Crippen LogP contribution in [0.4, 0.5) is 0 Å². The Morgan fingerprint density at radius 3 is 2.53 bits per heavy atom. The van der Waals surface area contributed by atoms with Crippen molar-refractivity contribution in [1.82, 2.24) is 9.47 Å². The summed E-state index contributed by atoms with van der Waals surface area (Å²) in [6, 6.07) is 3.06. The Morgan fingerprint density at radius 2 is 2.05 bits per heavy atom. The van der Waals surface area contributed by atoms with E-state index in [1.165, 1.54) is 10.6 Å². The Hall–Kier alpha value is -1.62. The van der Waals surface area contributed by atoms with E-state index in [9.17, 15) is 9.59 Å². The standard InChI is InChI=1S/C14H22N2O3/c1-4-12(5-2)16(8-9-17)14(19)11-6-7-15(3)13(18)10-11/h6-7,10,12,17H,4-5,8-9H2,1-3H3. The van der Waals surface area contributed by atoms with Crippen molar-refractivity contribution in [3.05, 3.63) is 34.2 Å². The number of aryl methyl sites for hydroxylation is 1. The lowest BCUT2D eigenvalue weighted by Crippen LogP contribution is -2.42. The summed E-state index contributed by atoms with van der Waals surface area (Å²) in [5, 5.41) is 9.11. The van der Waals surface area contributed by atoms with Gasteiger partial charge in [-0.2, -0.15) is 0 Å². The molecule has 0 spiro atoms. The molecule has 106 valence electrons. The molecule has 1 amide bonds. The maximum absolute atomic E-state index is 12.4. The van der Waals surface area contributed by atoms with Gasteiger partial charge in [0.1, 0.15) is 0 Å². The van der Waals surface area contributed by atoms with Crippen LogP contribution in [0, 0.1) is 0 Å². The van der Waals surface area contributed by atoms with E-state index in [2.05, 4.69) is 0 Å². The highest BCUT2D eigenvalue weighted by atomic mass is 16.3. The summed E-state index contributed by atoms with van der Waals surface area (Å²) in [4.78, 5) is 25.6. The molecule has 1 heterocycles. The molecule has 1 aromatic heterocycles. The number of aromatic nitrogens is 1. The lowest BCUT2D eigenvalue weighted by atomic mass is 10.1. The fourth-order valence-electron chi connectivity index (χ4n) is 2.13. The molecule has 0 radical (unpaired) electrons. The van der Waals surface area contributed by atoms with Gasteiger partial charge in [0.05, 0.1) is 6.61 Å². The first-order chi connectivity index (χ1) is 9.04. The number of aliphatic hydroxyl groups excluding tert-OH is 1. The number of aliphatic hydroxyl groups is 1.